The standard InChI is InChI=1S/C13H22N2O4S/c1-5-10(9-14)20(17,18)15-8-6-7-11(15)12(16)19-13(2,3)4/h10-11H,5-8H2,1-4H3/t10?,11-/m1/s1. The summed E-state index contributed by atoms with van der Waals surface area (Å²) in [5.41, 5.74) is -0.658. The average Bonchev–Trinajstić information content (AvgIpc) is 2.77. The molecular weight excluding hydrogens is 280 g/mol. The molecule has 1 aliphatic rings. The Hall–Kier alpha value is -1.13. The zero-order valence-corrected chi connectivity index (χ0v) is 13.2. The molecule has 20 heavy (non-hydrogen) atoms. The van der Waals surface area contributed by atoms with Gasteiger partial charge in [-0.05, 0) is 40.0 Å². The van der Waals surface area contributed by atoms with E-state index in [0.717, 1.165) is 4.31 Å². The number of carbonyl (C=O) groups is 1. The van der Waals surface area contributed by atoms with E-state index in [-0.39, 0.29) is 13.0 Å². The van der Waals surface area contributed by atoms with Crippen LogP contribution in [0, 0.1) is 11.3 Å². The van der Waals surface area contributed by atoms with Crippen LogP contribution in [-0.4, -0.2) is 42.1 Å². The van der Waals surface area contributed by atoms with E-state index in [0.29, 0.717) is 12.8 Å². The van der Waals surface area contributed by atoms with Crippen molar-refractivity contribution >= 4 is 16.0 Å². The largest absolute Gasteiger partial charge is 0.459 e. The van der Waals surface area contributed by atoms with Crippen molar-refractivity contribution in [2.75, 3.05) is 6.54 Å². The Bertz CT molecular complexity index is 501. The number of rotatable bonds is 4. The SMILES string of the molecule is CCC(C#N)S(=O)(=O)N1CCC[C@@H]1C(=O)OC(C)(C)C. The highest BCUT2D eigenvalue weighted by atomic mass is 32.2. The molecular formula is C13H22N2O4S. The van der Waals surface area contributed by atoms with E-state index in [1.165, 1.54) is 0 Å². The zero-order valence-electron chi connectivity index (χ0n) is 12.4. The highest BCUT2D eigenvalue weighted by molar-refractivity contribution is 7.90. The topological polar surface area (TPSA) is 87.5 Å². The highest BCUT2D eigenvalue weighted by Gasteiger charge is 2.43. The fourth-order valence-electron chi connectivity index (χ4n) is 2.18. The van der Waals surface area contributed by atoms with Gasteiger partial charge in [0.1, 0.15) is 11.6 Å². The van der Waals surface area contributed by atoms with Crippen LogP contribution in [0.4, 0.5) is 0 Å². The van der Waals surface area contributed by atoms with E-state index in [4.69, 9.17) is 10.00 Å². The molecule has 1 rings (SSSR count). The van der Waals surface area contributed by atoms with Gasteiger partial charge in [0.15, 0.2) is 5.25 Å². The molecule has 2 atom stereocenters. The van der Waals surface area contributed by atoms with Crippen LogP contribution in [0.15, 0.2) is 0 Å². The third kappa shape index (κ3) is 3.70. The van der Waals surface area contributed by atoms with Gasteiger partial charge in [-0.3, -0.25) is 4.79 Å². The van der Waals surface area contributed by atoms with E-state index in [2.05, 4.69) is 0 Å². The normalized spacial score (nSPS) is 22.2. The number of hydrogen-bond acceptors (Lipinski definition) is 5. The fourth-order valence-corrected chi connectivity index (χ4v) is 3.99. The van der Waals surface area contributed by atoms with Gasteiger partial charge in [-0.1, -0.05) is 6.92 Å². The summed E-state index contributed by atoms with van der Waals surface area (Å²) in [6, 6.07) is 0.991. The number of nitrogens with zero attached hydrogens (tertiary/aromatic N) is 2. The van der Waals surface area contributed by atoms with Crippen molar-refractivity contribution in [2.24, 2.45) is 0 Å². The van der Waals surface area contributed by atoms with Crippen molar-refractivity contribution in [2.45, 2.75) is 63.9 Å². The fraction of sp³-hybridized carbons (Fsp3) is 0.846. The molecule has 0 saturated carbocycles. The summed E-state index contributed by atoms with van der Waals surface area (Å²) in [4.78, 5) is 12.1. The van der Waals surface area contributed by atoms with Crippen molar-refractivity contribution < 1.29 is 17.9 Å². The van der Waals surface area contributed by atoms with E-state index in [1.807, 2.05) is 0 Å². The Kier molecular flexibility index (Phi) is 5.16. The first-order valence-corrected chi connectivity index (χ1v) is 8.27. The maximum absolute atomic E-state index is 12.4. The minimum atomic E-state index is -3.78. The van der Waals surface area contributed by atoms with Crippen LogP contribution in [0.2, 0.25) is 0 Å². The van der Waals surface area contributed by atoms with E-state index in [9.17, 15) is 13.2 Å². The summed E-state index contributed by atoms with van der Waals surface area (Å²) in [7, 11) is -3.78. The smallest absolute Gasteiger partial charge is 0.324 e. The number of nitriles is 1. The van der Waals surface area contributed by atoms with Gasteiger partial charge in [0.25, 0.3) is 0 Å². The summed E-state index contributed by atoms with van der Waals surface area (Å²) in [6.45, 7) is 7.13. The molecule has 0 spiro atoms. The Labute approximate surface area is 120 Å². The molecule has 7 heteroatoms. The molecule has 1 heterocycles. The highest BCUT2D eigenvalue weighted by Crippen LogP contribution is 2.26. The van der Waals surface area contributed by atoms with Crippen molar-refractivity contribution in [3.05, 3.63) is 0 Å². The second-order valence-corrected chi connectivity index (χ2v) is 7.94. The van der Waals surface area contributed by atoms with Crippen molar-refractivity contribution in [1.82, 2.24) is 4.31 Å². The molecule has 0 aromatic rings. The third-order valence-electron chi connectivity index (χ3n) is 3.08. The number of ether oxygens (including phenoxy) is 1. The van der Waals surface area contributed by atoms with E-state index in [1.54, 1.807) is 33.8 Å². The molecule has 0 aromatic heterocycles. The average molecular weight is 302 g/mol. The molecule has 6 nitrogen and oxygen atoms in total. The second kappa shape index (κ2) is 6.10. The minimum Gasteiger partial charge on any atom is -0.459 e. The Morgan fingerprint density at radius 3 is 2.55 bits per heavy atom. The van der Waals surface area contributed by atoms with Crippen molar-refractivity contribution in [1.29, 1.82) is 5.26 Å². The Morgan fingerprint density at radius 2 is 2.10 bits per heavy atom. The van der Waals surface area contributed by atoms with Crippen LogP contribution in [0.25, 0.3) is 0 Å². The van der Waals surface area contributed by atoms with Gasteiger partial charge in [0, 0.05) is 6.54 Å². The summed E-state index contributed by atoms with van der Waals surface area (Å²) >= 11 is 0. The van der Waals surface area contributed by atoms with Gasteiger partial charge in [-0.15, -0.1) is 0 Å². The molecule has 0 aliphatic carbocycles. The molecule has 0 N–H and O–H groups in total. The van der Waals surface area contributed by atoms with Crippen LogP contribution in [0.5, 0.6) is 0 Å². The van der Waals surface area contributed by atoms with E-state index < -0.39 is 32.9 Å². The van der Waals surface area contributed by atoms with Crippen molar-refractivity contribution in [3.8, 4) is 6.07 Å². The predicted molar refractivity (Wildman–Crippen MR) is 74.2 cm³/mol. The van der Waals surface area contributed by atoms with Crippen molar-refractivity contribution in [3.63, 3.8) is 0 Å². The number of sulfonamides is 1. The summed E-state index contributed by atoms with van der Waals surface area (Å²) < 4.78 is 31.1. The van der Waals surface area contributed by atoms with Crippen LogP contribution < -0.4 is 0 Å². The van der Waals surface area contributed by atoms with Crippen LogP contribution in [0.3, 0.4) is 0 Å². The van der Waals surface area contributed by atoms with Crippen LogP contribution in [-0.2, 0) is 19.6 Å². The molecule has 1 saturated heterocycles. The zero-order chi connectivity index (χ0) is 15.6. The minimum absolute atomic E-state index is 0.205. The predicted octanol–water partition coefficient (Wildman–Crippen LogP) is 1.42. The van der Waals surface area contributed by atoms with Gasteiger partial charge < -0.3 is 4.74 Å². The first kappa shape index (κ1) is 16.9. The van der Waals surface area contributed by atoms with Crippen LogP contribution >= 0.6 is 0 Å². The lowest BCUT2D eigenvalue weighted by molar-refractivity contribution is -0.158. The van der Waals surface area contributed by atoms with Gasteiger partial charge in [0.05, 0.1) is 6.07 Å². The van der Waals surface area contributed by atoms with Crippen LogP contribution in [0.1, 0.15) is 47.0 Å². The van der Waals surface area contributed by atoms with Gasteiger partial charge >= 0.3 is 5.97 Å². The first-order chi connectivity index (χ1) is 9.13. The number of esters is 1. The molecule has 1 aliphatic heterocycles. The quantitative estimate of drug-likeness (QED) is 0.733. The lowest BCUT2D eigenvalue weighted by Gasteiger charge is -2.27. The van der Waals surface area contributed by atoms with E-state index >= 15 is 0 Å². The lowest BCUT2D eigenvalue weighted by atomic mass is 10.2. The molecule has 1 unspecified atom stereocenters. The first-order valence-electron chi connectivity index (χ1n) is 6.76. The van der Waals surface area contributed by atoms with Gasteiger partial charge in [-0.25, -0.2) is 8.42 Å². The summed E-state index contributed by atoms with van der Waals surface area (Å²) in [5.74, 6) is -0.536. The summed E-state index contributed by atoms with van der Waals surface area (Å²) in [5, 5.41) is 7.86. The maximum atomic E-state index is 12.4. The summed E-state index contributed by atoms with van der Waals surface area (Å²) in [6.07, 6.45) is 1.25. The lowest BCUT2D eigenvalue weighted by Crippen LogP contribution is -2.46. The Balaban J connectivity index is 2.96. The third-order valence-corrected chi connectivity index (χ3v) is 5.33. The molecule has 0 radical (unpaired) electrons. The molecule has 0 amide bonds. The molecule has 1 fully saturated rings. The monoisotopic (exact) mass is 302 g/mol. The molecule has 114 valence electrons. The molecule has 0 aromatic carbocycles. The Morgan fingerprint density at radius 1 is 1.50 bits per heavy atom. The number of hydrogen-bond donors (Lipinski definition) is 0. The maximum Gasteiger partial charge on any atom is 0.324 e. The second-order valence-electron chi connectivity index (χ2n) is 5.87. The number of carbonyl (C=O) groups excluding carboxylic acids is 1. The van der Waals surface area contributed by atoms with Gasteiger partial charge in [0.2, 0.25) is 10.0 Å². The van der Waals surface area contributed by atoms with Gasteiger partial charge in [-0.2, -0.15) is 9.57 Å². The molecule has 0 bridgehead atoms.